The molecule has 0 amide bonds. The van der Waals surface area contributed by atoms with Gasteiger partial charge in [-0.1, -0.05) is 25.7 Å². The van der Waals surface area contributed by atoms with Crippen LogP contribution in [-0.4, -0.2) is 23.5 Å². The van der Waals surface area contributed by atoms with Gasteiger partial charge < -0.3 is 0 Å². The van der Waals surface area contributed by atoms with E-state index < -0.39 is 0 Å². The van der Waals surface area contributed by atoms with E-state index in [1.165, 1.54) is 77.3 Å². The van der Waals surface area contributed by atoms with Gasteiger partial charge in [-0.05, 0) is 69.9 Å². The molecule has 0 bridgehead atoms. The molecule has 3 fully saturated rings. The van der Waals surface area contributed by atoms with E-state index in [1.54, 1.807) is 0 Å². The lowest BCUT2D eigenvalue weighted by atomic mass is 9.66. The fraction of sp³-hybridized carbons (Fsp3) is 0.941. The van der Waals surface area contributed by atoms with Crippen LogP contribution in [0.5, 0.6) is 0 Å². The summed E-state index contributed by atoms with van der Waals surface area (Å²) in [6.45, 7) is 2.33. The van der Waals surface area contributed by atoms with Gasteiger partial charge >= 0.3 is 0 Å². The lowest BCUT2D eigenvalue weighted by Crippen LogP contribution is -2.51. The van der Waals surface area contributed by atoms with E-state index >= 15 is 0 Å². The zero-order valence-corrected chi connectivity index (χ0v) is 12.3. The third kappa shape index (κ3) is 2.55. The topological polar surface area (TPSA) is 27.0 Å². The molecule has 0 aromatic carbocycles. The maximum Gasteiger partial charge on any atom is 0.109 e. The van der Waals surface area contributed by atoms with Gasteiger partial charge in [0, 0.05) is 0 Å². The van der Waals surface area contributed by atoms with E-state index in [1.807, 2.05) is 0 Å². The molecule has 2 nitrogen and oxygen atoms in total. The Balaban J connectivity index is 1.69. The van der Waals surface area contributed by atoms with E-state index in [0.717, 1.165) is 12.8 Å². The van der Waals surface area contributed by atoms with E-state index in [0.29, 0.717) is 5.41 Å². The van der Waals surface area contributed by atoms with Gasteiger partial charge in [-0.3, -0.25) is 4.90 Å². The van der Waals surface area contributed by atoms with Crippen LogP contribution in [0.4, 0.5) is 0 Å². The highest BCUT2D eigenvalue weighted by molar-refractivity contribution is 5.13. The van der Waals surface area contributed by atoms with Gasteiger partial charge in [0.05, 0.1) is 6.07 Å². The van der Waals surface area contributed by atoms with Crippen molar-refractivity contribution in [3.05, 3.63) is 0 Å². The van der Waals surface area contributed by atoms with Crippen molar-refractivity contribution in [3.8, 4) is 6.07 Å². The summed E-state index contributed by atoms with van der Waals surface area (Å²) >= 11 is 0. The molecule has 1 spiro atoms. The van der Waals surface area contributed by atoms with Gasteiger partial charge in [0.1, 0.15) is 5.54 Å². The van der Waals surface area contributed by atoms with Crippen LogP contribution >= 0.6 is 0 Å². The molecule has 2 saturated carbocycles. The molecular weight excluding hydrogens is 232 g/mol. The molecule has 1 heterocycles. The second-order valence-corrected chi connectivity index (χ2v) is 7.25. The highest BCUT2D eigenvalue weighted by Crippen LogP contribution is 2.52. The highest BCUT2D eigenvalue weighted by Gasteiger charge is 2.46. The summed E-state index contributed by atoms with van der Waals surface area (Å²) in [5.74, 6) is 0. The van der Waals surface area contributed by atoms with Crippen LogP contribution in [0.3, 0.4) is 0 Å². The fourth-order valence-electron chi connectivity index (χ4n) is 4.82. The highest BCUT2D eigenvalue weighted by atomic mass is 15.2. The molecule has 3 rings (SSSR count). The smallest absolute Gasteiger partial charge is 0.109 e. The number of likely N-dealkylation sites (tertiary alicyclic amines) is 1. The minimum atomic E-state index is -0.0990. The molecule has 0 unspecified atom stereocenters. The average molecular weight is 260 g/mol. The molecule has 106 valence electrons. The molecule has 0 atom stereocenters. The summed E-state index contributed by atoms with van der Waals surface area (Å²) in [4.78, 5) is 2.56. The summed E-state index contributed by atoms with van der Waals surface area (Å²) in [5, 5.41) is 9.83. The zero-order valence-electron chi connectivity index (χ0n) is 12.3. The number of nitriles is 1. The van der Waals surface area contributed by atoms with Gasteiger partial charge in [-0.15, -0.1) is 0 Å². The monoisotopic (exact) mass is 260 g/mol. The molecule has 19 heavy (non-hydrogen) atoms. The molecule has 2 heteroatoms. The van der Waals surface area contributed by atoms with Crippen molar-refractivity contribution in [2.24, 2.45) is 5.41 Å². The predicted molar refractivity (Wildman–Crippen MR) is 77.8 cm³/mol. The first-order valence-corrected chi connectivity index (χ1v) is 8.45. The van der Waals surface area contributed by atoms with Crippen molar-refractivity contribution in [3.63, 3.8) is 0 Å². The van der Waals surface area contributed by atoms with Gasteiger partial charge in [0.15, 0.2) is 0 Å². The molecule has 1 aliphatic heterocycles. The minimum absolute atomic E-state index is 0.0990. The van der Waals surface area contributed by atoms with Crippen molar-refractivity contribution < 1.29 is 0 Å². The molecule has 0 radical (unpaired) electrons. The van der Waals surface area contributed by atoms with E-state index in [4.69, 9.17) is 0 Å². The van der Waals surface area contributed by atoms with Gasteiger partial charge in [-0.2, -0.15) is 5.26 Å². The van der Waals surface area contributed by atoms with E-state index in [9.17, 15) is 5.26 Å². The van der Waals surface area contributed by atoms with Crippen LogP contribution in [0.25, 0.3) is 0 Å². The van der Waals surface area contributed by atoms with E-state index in [-0.39, 0.29) is 5.54 Å². The number of rotatable bonds is 1. The number of hydrogen-bond donors (Lipinski definition) is 0. The Morgan fingerprint density at radius 3 is 1.79 bits per heavy atom. The SMILES string of the molecule is N#CC1(N2CCCCCC2)CCC2(CCCC2)CC1. The minimum Gasteiger partial charge on any atom is -0.286 e. The van der Waals surface area contributed by atoms with Crippen molar-refractivity contribution in [1.82, 2.24) is 4.90 Å². The Bertz CT molecular complexity index is 331. The summed E-state index contributed by atoms with van der Waals surface area (Å²) in [6.07, 6.45) is 16.0. The predicted octanol–water partition coefficient (Wildman–Crippen LogP) is 4.26. The molecule has 1 saturated heterocycles. The van der Waals surface area contributed by atoms with Crippen LogP contribution < -0.4 is 0 Å². The lowest BCUT2D eigenvalue weighted by molar-refractivity contribution is 0.0482. The molecule has 2 aliphatic carbocycles. The molecule has 0 aromatic heterocycles. The van der Waals surface area contributed by atoms with Crippen LogP contribution in [-0.2, 0) is 0 Å². The van der Waals surface area contributed by atoms with Crippen molar-refractivity contribution in [2.75, 3.05) is 13.1 Å². The molecular formula is C17H28N2. The van der Waals surface area contributed by atoms with Gasteiger partial charge in [0.25, 0.3) is 0 Å². The standard InChI is InChI=1S/C17H28N2/c18-15-17(19-13-5-1-2-6-14-19)11-9-16(10-12-17)7-3-4-8-16/h1-14H2. The third-order valence-corrected chi connectivity index (χ3v) is 6.22. The summed E-state index contributed by atoms with van der Waals surface area (Å²) in [5.41, 5.74) is 0.546. The summed E-state index contributed by atoms with van der Waals surface area (Å²) in [6, 6.07) is 2.75. The Labute approximate surface area is 118 Å². The second kappa shape index (κ2) is 5.44. The van der Waals surface area contributed by atoms with Gasteiger partial charge in [-0.25, -0.2) is 0 Å². The first-order chi connectivity index (χ1) is 9.29. The second-order valence-electron chi connectivity index (χ2n) is 7.25. The molecule has 0 N–H and O–H groups in total. The van der Waals surface area contributed by atoms with Crippen molar-refractivity contribution in [2.45, 2.75) is 82.6 Å². The third-order valence-electron chi connectivity index (χ3n) is 6.22. The van der Waals surface area contributed by atoms with Crippen molar-refractivity contribution in [1.29, 1.82) is 5.26 Å². The Hall–Kier alpha value is -0.550. The van der Waals surface area contributed by atoms with Crippen LogP contribution in [0.2, 0.25) is 0 Å². The van der Waals surface area contributed by atoms with E-state index in [2.05, 4.69) is 11.0 Å². The zero-order chi connectivity index (χ0) is 13.2. The Kier molecular flexibility index (Phi) is 3.85. The van der Waals surface area contributed by atoms with Crippen molar-refractivity contribution >= 4 is 0 Å². The van der Waals surface area contributed by atoms with Crippen LogP contribution in [0, 0.1) is 16.7 Å². The normalized spacial score (nSPS) is 30.9. The maximum atomic E-state index is 9.83. The molecule has 3 aliphatic rings. The Morgan fingerprint density at radius 2 is 1.26 bits per heavy atom. The van der Waals surface area contributed by atoms with Crippen LogP contribution in [0.1, 0.15) is 77.0 Å². The summed E-state index contributed by atoms with van der Waals surface area (Å²) in [7, 11) is 0. The first-order valence-electron chi connectivity index (χ1n) is 8.45. The number of hydrogen-bond acceptors (Lipinski definition) is 2. The Morgan fingerprint density at radius 1 is 0.684 bits per heavy atom. The fourth-order valence-corrected chi connectivity index (χ4v) is 4.82. The maximum absolute atomic E-state index is 9.83. The van der Waals surface area contributed by atoms with Crippen LogP contribution in [0.15, 0.2) is 0 Å². The molecule has 0 aromatic rings. The van der Waals surface area contributed by atoms with Gasteiger partial charge in [0.2, 0.25) is 0 Å². The first kappa shape index (κ1) is 13.4. The largest absolute Gasteiger partial charge is 0.286 e. The lowest BCUT2D eigenvalue weighted by Gasteiger charge is -2.47. The number of nitrogens with zero attached hydrogens (tertiary/aromatic N) is 2. The quantitative estimate of drug-likeness (QED) is 0.704. The average Bonchev–Trinajstić information content (AvgIpc) is 2.74. The summed E-state index contributed by atoms with van der Waals surface area (Å²) < 4.78 is 0.